The molecule has 0 saturated heterocycles. The second kappa shape index (κ2) is 5.57. The molecule has 0 radical (unpaired) electrons. The molecular weight excluding hydrogens is 280 g/mol. The van der Waals surface area contributed by atoms with E-state index in [2.05, 4.69) is 9.83 Å². The maximum absolute atomic E-state index is 12.0. The monoisotopic (exact) mass is 296 g/mol. The zero-order chi connectivity index (χ0) is 16.5. The van der Waals surface area contributed by atoms with Gasteiger partial charge in [0.2, 0.25) is 24.5 Å². The van der Waals surface area contributed by atoms with Gasteiger partial charge in [0, 0.05) is 16.5 Å². The van der Waals surface area contributed by atoms with E-state index in [0.717, 1.165) is 0 Å². The molecule has 0 spiro atoms. The molecule has 1 aromatic carbocycles. The number of fused-ring (bicyclic) bond motifs is 3. The van der Waals surface area contributed by atoms with Crippen molar-refractivity contribution in [3.63, 3.8) is 0 Å². The van der Waals surface area contributed by atoms with E-state index in [9.17, 15) is 9.59 Å². The molecule has 112 valence electrons. The Morgan fingerprint density at radius 3 is 2.18 bits per heavy atom. The molecule has 1 heterocycles. The molecule has 2 aromatic rings. The first-order valence-corrected chi connectivity index (χ1v) is 6.76. The third-order valence-electron chi connectivity index (χ3n) is 3.11. The summed E-state index contributed by atoms with van der Waals surface area (Å²) in [6, 6.07) is 6.98. The van der Waals surface area contributed by atoms with Crippen molar-refractivity contribution in [2.75, 3.05) is 7.05 Å². The number of oxazole rings is 1. The largest absolute Gasteiger partial charge is 0.436 e. The number of benzene rings is 1. The minimum absolute atomic E-state index is 0.0635. The summed E-state index contributed by atoms with van der Waals surface area (Å²) in [6.07, 6.45) is 0. The van der Waals surface area contributed by atoms with Crippen molar-refractivity contribution < 1.29 is 14.0 Å². The van der Waals surface area contributed by atoms with E-state index in [-0.39, 0.29) is 11.2 Å². The van der Waals surface area contributed by atoms with E-state index in [1.165, 1.54) is 7.05 Å². The van der Waals surface area contributed by atoms with Gasteiger partial charge in [-0.1, -0.05) is 45.0 Å². The molecule has 0 atom stereocenters. The van der Waals surface area contributed by atoms with Crippen molar-refractivity contribution in [1.29, 1.82) is 0 Å². The molecule has 0 aliphatic heterocycles. The van der Waals surface area contributed by atoms with Crippen molar-refractivity contribution in [1.82, 2.24) is 4.98 Å². The Morgan fingerprint density at radius 2 is 1.64 bits per heavy atom. The van der Waals surface area contributed by atoms with Gasteiger partial charge < -0.3 is 9.26 Å². The van der Waals surface area contributed by atoms with E-state index < -0.39 is 11.6 Å². The molecule has 5 heteroatoms. The summed E-state index contributed by atoms with van der Waals surface area (Å²) in [5.74, 6) is -0.611. The van der Waals surface area contributed by atoms with Crippen molar-refractivity contribution in [3.05, 3.63) is 52.9 Å². The molecule has 1 aliphatic carbocycles. The van der Waals surface area contributed by atoms with Crippen LogP contribution in [0.2, 0.25) is 0 Å². The van der Waals surface area contributed by atoms with Gasteiger partial charge in [0.05, 0.1) is 0 Å². The predicted molar refractivity (Wildman–Crippen MR) is 81.8 cm³/mol. The summed E-state index contributed by atoms with van der Waals surface area (Å²) < 4.78 is 5.53. The Bertz CT molecular complexity index is 789. The number of hydrogen-bond donors (Lipinski definition) is 0. The standard InChI is InChI=1S/C15H13NO3.C2H3N/c1-15(2,3)14-16-10-8-6-4-5-7-9(8)11(17)12(18)13(10)19-14;1-3-2/h4-7H,1-3H3;1H3. The lowest BCUT2D eigenvalue weighted by Crippen LogP contribution is -2.20. The zero-order valence-electron chi connectivity index (χ0n) is 12.9. The lowest BCUT2D eigenvalue weighted by molar-refractivity contribution is 0.0797. The minimum atomic E-state index is -0.614. The average Bonchev–Trinajstić information content (AvgIpc) is 2.91. The van der Waals surface area contributed by atoms with Crippen molar-refractivity contribution in [2.45, 2.75) is 26.2 Å². The number of aromatic nitrogens is 1. The van der Waals surface area contributed by atoms with Gasteiger partial charge in [-0.3, -0.25) is 9.59 Å². The smallest absolute Gasteiger partial charge is 0.271 e. The van der Waals surface area contributed by atoms with Crippen LogP contribution in [0.5, 0.6) is 0 Å². The maximum atomic E-state index is 12.0. The molecule has 0 N–H and O–H groups in total. The van der Waals surface area contributed by atoms with Crippen LogP contribution in [-0.2, 0) is 5.41 Å². The molecule has 22 heavy (non-hydrogen) atoms. The normalized spacial score (nSPS) is 12.7. The fraction of sp³-hybridized carbons (Fsp3) is 0.294. The first-order valence-electron chi connectivity index (χ1n) is 6.76. The molecule has 0 saturated carbocycles. The molecule has 1 aromatic heterocycles. The second-order valence-corrected chi connectivity index (χ2v) is 5.87. The van der Waals surface area contributed by atoms with Crippen LogP contribution < -0.4 is 0 Å². The Kier molecular flexibility index (Phi) is 3.96. The Morgan fingerprint density at radius 1 is 1.09 bits per heavy atom. The first kappa shape index (κ1) is 15.6. The Balaban J connectivity index is 0.000000545. The quantitative estimate of drug-likeness (QED) is 0.551. The summed E-state index contributed by atoms with van der Waals surface area (Å²) in [5, 5.41) is 0. The van der Waals surface area contributed by atoms with Gasteiger partial charge in [0.15, 0.2) is 0 Å². The number of rotatable bonds is 0. The minimum Gasteiger partial charge on any atom is -0.436 e. The van der Waals surface area contributed by atoms with E-state index in [1.807, 2.05) is 26.8 Å². The van der Waals surface area contributed by atoms with Crippen LogP contribution in [0.15, 0.2) is 28.7 Å². The van der Waals surface area contributed by atoms with Crippen molar-refractivity contribution in [3.8, 4) is 11.3 Å². The highest BCUT2D eigenvalue weighted by atomic mass is 16.4. The Labute approximate surface area is 128 Å². The first-order chi connectivity index (χ1) is 10.3. The number of carbonyl (C=O) groups excluding carboxylic acids is 2. The highest BCUT2D eigenvalue weighted by Gasteiger charge is 2.36. The number of hydrogen-bond acceptors (Lipinski definition) is 4. The Hall–Kier alpha value is -2.74. The second-order valence-electron chi connectivity index (χ2n) is 5.87. The topological polar surface area (TPSA) is 64.5 Å². The molecule has 0 fully saturated rings. The summed E-state index contributed by atoms with van der Waals surface area (Å²) >= 11 is 0. The number of Topliss-reactive ketones (excluding diaryl/α,β-unsaturated/α-hetero) is 2. The van der Waals surface area contributed by atoms with E-state index in [4.69, 9.17) is 11.0 Å². The van der Waals surface area contributed by atoms with Crippen LogP contribution in [0.25, 0.3) is 16.1 Å². The van der Waals surface area contributed by atoms with Crippen LogP contribution in [-0.4, -0.2) is 23.6 Å². The van der Waals surface area contributed by atoms with Crippen LogP contribution in [0, 0.1) is 6.57 Å². The van der Waals surface area contributed by atoms with Gasteiger partial charge in [-0.05, 0) is 0 Å². The lowest BCUT2D eigenvalue weighted by atomic mass is 9.91. The fourth-order valence-electron chi connectivity index (χ4n) is 2.09. The van der Waals surface area contributed by atoms with Gasteiger partial charge in [-0.2, -0.15) is 0 Å². The molecule has 3 rings (SSSR count). The van der Waals surface area contributed by atoms with Crippen molar-refractivity contribution in [2.24, 2.45) is 0 Å². The van der Waals surface area contributed by atoms with Crippen LogP contribution in [0.3, 0.4) is 0 Å². The number of ketones is 2. The van der Waals surface area contributed by atoms with E-state index >= 15 is 0 Å². The molecule has 0 unspecified atom stereocenters. The SMILES string of the molecule is CC(C)(C)c1nc2c(o1)C(=O)C(=O)c1ccccc1-2.[C-]#[N+]C. The average molecular weight is 296 g/mol. The highest BCUT2D eigenvalue weighted by Crippen LogP contribution is 2.35. The summed E-state index contributed by atoms with van der Waals surface area (Å²) in [6.45, 7) is 11.7. The van der Waals surface area contributed by atoms with E-state index in [1.54, 1.807) is 18.2 Å². The van der Waals surface area contributed by atoms with Gasteiger partial charge in [0.25, 0.3) is 5.78 Å². The molecular formula is C17H16N2O3. The summed E-state index contributed by atoms with van der Waals surface area (Å²) in [5.41, 5.74) is 1.23. The lowest BCUT2D eigenvalue weighted by Gasteiger charge is -2.11. The highest BCUT2D eigenvalue weighted by molar-refractivity contribution is 6.52. The molecule has 0 amide bonds. The third kappa shape index (κ3) is 2.56. The van der Waals surface area contributed by atoms with Crippen LogP contribution >= 0.6 is 0 Å². The van der Waals surface area contributed by atoms with Gasteiger partial charge >= 0.3 is 0 Å². The maximum Gasteiger partial charge on any atom is 0.271 e. The zero-order valence-corrected chi connectivity index (χ0v) is 12.9. The number of carbonyl (C=O) groups is 2. The molecule has 0 bridgehead atoms. The van der Waals surface area contributed by atoms with Crippen LogP contribution in [0.4, 0.5) is 0 Å². The van der Waals surface area contributed by atoms with Crippen molar-refractivity contribution >= 4 is 11.6 Å². The van der Waals surface area contributed by atoms with E-state index in [0.29, 0.717) is 22.7 Å². The third-order valence-corrected chi connectivity index (χ3v) is 3.11. The fourth-order valence-corrected chi connectivity index (χ4v) is 2.09. The molecule has 5 nitrogen and oxygen atoms in total. The summed E-state index contributed by atoms with van der Waals surface area (Å²) in [4.78, 5) is 31.2. The van der Waals surface area contributed by atoms with Gasteiger partial charge in [-0.15, -0.1) is 0 Å². The summed E-state index contributed by atoms with van der Waals surface area (Å²) in [7, 11) is 1.42. The van der Waals surface area contributed by atoms with Crippen LogP contribution in [0.1, 0.15) is 47.6 Å². The van der Waals surface area contributed by atoms with Gasteiger partial charge in [0.1, 0.15) is 5.69 Å². The van der Waals surface area contributed by atoms with Gasteiger partial charge in [-0.25, -0.2) is 11.6 Å². The molecule has 1 aliphatic rings. The predicted octanol–water partition coefficient (Wildman–Crippen LogP) is 3.55. The number of nitrogens with zero attached hydrogens (tertiary/aromatic N) is 2.